The van der Waals surface area contributed by atoms with Gasteiger partial charge in [-0.05, 0) is 78.3 Å². The van der Waals surface area contributed by atoms with E-state index in [-0.39, 0.29) is 24.8 Å². The summed E-state index contributed by atoms with van der Waals surface area (Å²) in [6.07, 6.45) is 3.97. The largest absolute Gasteiger partial charge is 0.460 e. The maximum absolute atomic E-state index is 12.6. The molecule has 0 bridgehead atoms. The number of aromatic nitrogens is 2. The summed E-state index contributed by atoms with van der Waals surface area (Å²) in [4.78, 5) is 24.8. The highest BCUT2D eigenvalue weighted by Gasteiger charge is 2.35. The smallest absolute Gasteiger partial charge is 0.332 e. The summed E-state index contributed by atoms with van der Waals surface area (Å²) in [6.45, 7) is 13.2. The Morgan fingerprint density at radius 3 is 1.97 bits per heavy atom. The second kappa shape index (κ2) is 10.9. The van der Waals surface area contributed by atoms with Gasteiger partial charge in [-0.2, -0.15) is 0 Å². The zero-order valence-electron chi connectivity index (χ0n) is 22.0. The molecule has 0 aliphatic heterocycles. The SMILES string of the molecule is Cc1cc(CC(=O)OC(C)(C)[n+]2ccc(-c3ccc(CC(=O)OC(C)(C)C)cc3C)cn2)ccc1Br. The molecule has 7 heteroatoms. The summed E-state index contributed by atoms with van der Waals surface area (Å²) >= 11 is 3.48. The van der Waals surface area contributed by atoms with E-state index in [4.69, 9.17) is 9.47 Å². The maximum atomic E-state index is 12.6. The fourth-order valence-corrected chi connectivity index (χ4v) is 4.13. The molecule has 6 nitrogen and oxygen atoms in total. The Kier molecular flexibility index (Phi) is 8.34. The lowest BCUT2D eigenvalue weighted by Gasteiger charge is -2.19. The van der Waals surface area contributed by atoms with Crippen LogP contribution in [0.2, 0.25) is 0 Å². The zero-order valence-corrected chi connectivity index (χ0v) is 23.6. The number of ether oxygens (including phenoxy) is 2. The van der Waals surface area contributed by atoms with Gasteiger partial charge in [-0.1, -0.05) is 46.3 Å². The first-order valence-electron chi connectivity index (χ1n) is 11.9. The fourth-order valence-electron chi connectivity index (χ4n) is 3.88. The standard InChI is InChI=1S/C29H34BrN2O4/c1-19-14-21(16-26(33)35-28(3,4)5)8-10-24(19)23-12-13-32(31-18-23)29(6,7)36-27(34)17-22-9-11-25(30)20(2)15-22/h8-15,18H,16-17H2,1-7H3/q+1. The van der Waals surface area contributed by atoms with Crippen molar-refractivity contribution in [3.63, 3.8) is 0 Å². The lowest BCUT2D eigenvalue weighted by atomic mass is 9.99. The third-order valence-corrected chi connectivity index (χ3v) is 6.46. The van der Waals surface area contributed by atoms with Crippen LogP contribution in [-0.4, -0.2) is 22.6 Å². The molecule has 0 aliphatic carbocycles. The minimum absolute atomic E-state index is 0.186. The van der Waals surface area contributed by atoms with Crippen LogP contribution in [0.25, 0.3) is 11.1 Å². The zero-order chi connectivity index (χ0) is 26.7. The molecule has 0 unspecified atom stereocenters. The van der Waals surface area contributed by atoms with Gasteiger partial charge in [0.25, 0.3) is 0 Å². The molecule has 2 aromatic carbocycles. The van der Waals surface area contributed by atoms with Gasteiger partial charge in [0.2, 0.25) is 6.20 Å². The normalized spacial score (nSPS) is 11.8. The minimum Gasteiger partial charge on any atom is -0.460 e. The molecule has 1 aromatic heterocycles. The van der Waals surface area contributed by atoms with Gasteiger partial charge >= 0.3 is 17.7 Å². The van der Waals surface area contributed by atoms with Crippen LogP contribution in [0.5, 0.6) is 0 Å². The summed E-state index contributed by atoms with van der Waals surface area (Å²) in [6, 6.07) is 13.7. The molecule has 0 aliphatic rings. The predicted octanol–water partition coefficient (Wildman–Crippen LogP) is 5.78. The number of hydrogen-bond donors (Lipinski definition) is 0. The molecule has 0 saturated carbocycles. The van der Waals surface area contributed by atoms with Crippen LogP contribution in [0.1, 0.15) is 56.9 Å². The van der Waals surface area contributed by atoms with Crippen LogP contribution >= 0.6 is 15.9 Å². The van der Waals surface area contributed by atoms with E-state index in [2.05, 4.69) is 21.0 Å². The van der Waals surface area contributed by atoms with Crippen LogP contribution < -0.4 is 4.68 Å². The number of carbonyl (C=O) groups excluding carboxylic acids is 2. The monoisotopic (exact) mass is 553 g/mol. The van der Waals surface area contributed by atoms with Crippen molar-refractivity contribution in [1.82, 2.24) is 5.10 Å². The molecule has 0 atom stereocenters. The highest BCUT2D eigenvalue weighted by Crippen LogP contribution is 2.24. The van der Waals surface area contributed by atoms with E-state index >= 15 is 0 Å². The van der Waals surface area contributed by atoms with Gasteiger partial charge in [-0.3, -0.25) is 9.59 Å². The van der Waals surface area contributed by atoms with E-state index in [9.17, 15) is 9.59 Å². The Labute approximate surface area is 221 Å². The molecular formula is C29H34BrN2O4+. The number of aryl methyl sites for hydroxylation is 2. The van der Waals surface area contributed by atoms with E-state index in [1.807, 2.05) is 77.1 Å². The van der Waals surface area contributed by atoms with E-state index in [0.29, 0.717) is 0 Å². The third kappa shape index (κ3) is 7.47. The van der Waals surface area contributed by atoms with Gasteiger partial charge in [-0.25, -0.2) is 0 Å². The Balaban J connectivity index is 1.68. The van der Waals surface area contributed by atoms with Crippen LogP contribution in [0, 0.1) is 13.8 Å². The topological polar surface area (TPSA) is 69.4 Å². The summed E-state index contributed by atoms with van der Waals surface area (Å²) in [5.74, 6) is -0.569. The van der Waals surface area contributed by atoms with Crippen LogP contribution in [0.3, 0.4) is 0 Å². The van der Waals surface area contributed by atoms with Crippen molar-refractivity contribution in [2.45, 2.75) is 72.6 Å². The van der Waals surface area contributed by atoms with Crippen molar-refractivity contribution in [2.75, 3.05) is 0 Å². The van der Waals surface area contributed by atoms with E-state index < -0.39 is 11.3 Å². The molecule has 0 radical (unpaired) electrons. The number of carbonyl (C=O) groups is 2. The molecule has 0 amide bonds. The fraction of sp³-hybridized carbons (Fsp3) is 0.379. The highest BCUT2D eigenvalue weighted by atomic mass is 79.9. The Morgan fingerprint density at radius 2 is 1.44 bits per heavy atom. The lowest BCUT2D eigenvalue weighted by molar-refractivity contribution is -0.843. The van der Waals surface area contributed by atoms with Crippen molar-refractivity contribution in [2.24, 2.45) is 0 Å². The van der Waals surface area contributed by atoms with Gasteiger partial charge in [0.15, 0.2) is 0 Å². The van der Waals surface area contributed by atoms with Crippen molar-refractivity contribution in [3.8, 4) is 11.1 Å². The molecule has 1 heterocycles. The molecule has 0 saturated heterocycles. The summed E-state index contributed by atoms with van der Waals surface area (Å²) in [7, 11) is 0. The molecule has 190 valence electrons. The van der Waals surface area contributed by atoms with E-state index in [0.717, 1.165) is 37.9 Å². The highest BCUT2D eigenvalue weighted by molar-refractivity contribution is 9.10. The molecule has 0 fully saturated rings. The number of benzene rings is 2. The number of esters is 2. The molecule has 3 aromatic rings. The van der Waals surface area contributed by atoms with Gasteiger partial charge in [0, 0.05) is 30.0 Å². The van der Waals surface area contributed by atoms with Gasteiger partial charge in [0.1, 0.15) is 11.8 Å². The van der Waals surface area contributed by atoms with Crippen molar-refractivity contribution >= 4 is 27.9 Å². The number of halogens is 1. The second-order valence-corrected chi connectivity index (χ2v) is 11.3. The van der Waals surface area contributed by atoms with Gasteiger partial charge < -0.3 is 9.47 Å². The van der Waals surface area contributed by atoms with E-state index in [1.165, 1.54) is 0 Å². The van der Waals surface area contributed by atoms with E-state index in [1.54, 1.807) is 30.9 Å². The third-order valence-electron chi connectivity index (χ3n) is 5.57. The summed E-state index contributed by atoms with van der Waals surface area (Å²) in [5, 5.41) is 4.52. The van der Waals surface area contributed by atoms with Gasteiger partial charge in [0.05, 0.1) is 12.8 Å². The van der Waals surface area contributed by atoms with Crippen molar-refractivity contribution in [1.29, 1.82) is 0 Å². The molecule has 0 spiro atoms. The Bertz CT molecular complexity index is 1260. The van der Waals surface area contributed by atoms with Crippen LogP contribution in [-0.2, 0) is 37.6 Å². The van der Waals surface area contributed by atoms with Crippen LogP contribution in [0.15, 0.2) is 59.3 Å². The first-order chi connectivity index (χ1) is 16.7. The molecule has 3 rings (SSSR count). The minimum atomic E-state index is -0.952. The average molecular weight is 555 g/mol. The summed E-state index contributed by atoms with van der Waals surface area (Å²) < 4.78 is 13.8. The number of hydrogen-bond acceptors (Lipinski definition) is 5. The Hall–Kier alpha value is -3.06. The molecule has 0 N–H and O–H groups in total. The first-order valence-corrected chi connectivity index (χ1v) is 12.7. The first kappa shape index (κ1) is 27.5. The van der Waals surface area contributed by atoms with Crippen molar-refractivity contribution < 1.29 is 23.7 Å². The Morgan fingerprint density at radius 1 is 0.861 bits per heavy atom. The number of nitrogens with zero attached hydrogens (tertiary/aromatic N) is 2. The van der Waals surface area contributed by atoms with Crippen molar-refractivity contribution in [3.05, 3.63) is 81.6 Å². The molecular weight excluding hydrogens is 520 g/mol. The van der Waals surface area contributed by atoms with Gasteiger partial charge in [-0.15, -0.1) is 0 Å². The maximum Gasteiger partial charge on any atom is 0.332 e. The second-order valence-electron chi connectivity index (χ2n) is 10.5. The molecule has 36 heavy (non-hydrogen) atoms. The quantitative estimate of drug-likeness (QED) is 0.274. The average Bonchev–Trinajstić information content (AvgIpc) is 2.75. The summed E-state index contributed by atoms with van der Waals surface area (Å²) in [5.41, 5.74) is 4.39. The lowest BCUT2D eigenvalue weighted by Crippen LogP contribution is -2.57. The predicted molar refractivity (Wildman–Crippen MR) is 142 cm³/mol. The number of rotatable bonds is 7. The van der Waals surface area contributed by atoms with Crippen LogP contribution in [0.4, 0.5) is 0 Å².